The molecule has 1 amide bonds. The average molecular weight is 381 g/mol. The molecule has 26 heavy (non-hydrogen) atoms. The number of likely N-dealkylation sites (tertiary alicyclic amines) is 1. The fourth-order valence-corrected chi connectivity index (χ4v) is 4.08. The zero-order valence-electron chi connectivity index (χ0n) is 15.1. The van der Waals surface area contributed by atoms with Gasteiger partial charge in [-0.2, -0.15) is 5.26 Å². The van der Waals surface area contributed by atoms with Crippen molar-refractivity contribution in [3.8, 4) is 11.8 Å². The van der Waals surface area contributed by atoms with Crippen LogP contribution in [0, 0.1) is 11.3 Å². The van der Waals surface area contributed by atoms with Crippen LogP contribution in [0.25, 0.3) is 0 Å². The molecule has 1 unspecified atom stereocenters. The Morgan fingerprint density at radius 3 is 2.65 bits per heavy atom. The van der Waals surface area contributed by atoms with Gasteiger partial charge in [0.05, 0.1) is 24.5 Å². The lowest BCUT2D eigenvalue weighted by Gasteiger charge is -2.33. The summed E-state index contributed by atoms with van der Waals surface area (Å²) in [5, 5.41) is 9.11. The minimum absolute atomic E-state index is 0.00960. The molecule has 0 aliphatic carbocycles. The van der Waals surface area contributed by atoms with Crippen LogP contribution in [0.5, 0.6) is 5.75 Å². The summed E-state index contributed by atoms with van der Waals surface area (Å²) >= 11 is 0. The van der Waals surface area contributed by atoms with Gasteiger partial charge in [0.25, 0.3) is 0 Å². The third-order valence-electron chi connectivity index (χ3n) is 4.74. The summed E-state index contributed by atoms with van der Waals surface area (Å²) in [5.41, 5.74) is 6.93. The molecule has 1 aromatic carbocycles. The topological polar surface area (TPSA) is 96.4 Å². The van der Waals surface area contributed by atoms with E-state index in [-0.39, 0.29) is 18.7 Å². The smallest absolute Gasteiger partial charge is 0.242 e. The van der Waals surface area contributed by atoms with E-state index >= 15 is 0 Å². The summed E-state index contributed by atoms with van der Waals surface area (Å²) in [7, 11) is 0.113. The molecule has 0 spiro atoms. The van der Waals surface area contributed by atoms with Crippen molar-refractivity contribution in [2.45, 2.75) is 49.0 Å². The number of nitrogens with zero attached hydrogens (tertiary/aromatic N) is 2. The molecule has 0 aromatic heterocycles. The summed E-state index contributed by atoms with van der Waals surface area (Å²) in [6, 6.07) is 7.17. The van der Waals surface area contributed by atoms with Gasteiger partial charge in [-0.25, -0.2) is 4.39 Å². The van der Waals surface area contributed by atoms with Gasteiger partial charge in [-0.3, -0.25) is 9.00 Å². The first-order valence-corrected chi connectivity index (χ1v) is 9.63. The van der Waals surface area contributed by atoms with Crippen molar-refractivity contribution in [1.29, 1.82) is 5.26 Å². The van der Waals surface area contributed by atoms with E-state index in [1.165, 1.54) is 4.90 Å². The van der Waals surface area contributed by atoms with Gasteiger partial charge in [-0.05, 0) is 31.5 Å². The van der Waals surface area contributed by atoms with Crippen LogP contribution in [0.4, 0.5) is 4.39 Å². The van der Waals surface area contributed by atoms with E-state index < -0.39 is 39.7 Å². The van der Waals surface area contributed by atoms with Crippen LogP contribution in [0.15, 0.2) is 24.3 Å². The summed E-state index contributed by atoms with van der Waals surface area (Å²) in [5.74, 6) is 0.388. The molecule has 8 heteroatoms. The number of methoxy groups -OCH3 is 1. The average Bonchev–Trinajstić information content (AvgIpc) is 3.01. The predicted molar refractivity (Wildman–Crippen MR) is 97.5 cm³/mol. The van der Waals surface area contributed by atoms with Gasteiger partial charge in [-0.1, -0.05) is 12.1 Å². The van der Waals surface area contributed by atoms with Crippen LogP contribution in [-0.2, 0) is 21.3 Å². The van der Waals surface area contributed by atoms with Crippen LogP contribution >= 0.6 is 0 Å². The highest BCUT2D eigenvalue weighted by molar-refractivity contribution is 7.85. The molecule has 1 aromatic rings. The summed E-state index contributed by atoms with van der Waals surface area (Å²) in [6.07, 6.45) is -1.24. The molecule has 1 heterocycles. The Labute approximate surface area is 155 Å². The van der Waals surface area contributed by atoms with Crippen molar-refractivity contribution in [3.63, 3.8) is 0 Å². The Balaban J connectivity index is 2.10. The Morgan fingerprint density at radius 2 is 2.12 bits per heavy atom. The van der Waals surface area contributed by atoms with Crippen LogP contribution in [-0.4, -0.2) is 51.7 Å². The minimum Gasteiger partial charge on any atom is -0.497 e. The lowest BCUT2D eigenvalue weighted by atomic mass is 10.0. The maximum atomic E-state index is 13.6. The summed E-state index contributed by atoms with van der Waals surface area (Å²) in [4.78, 5) is 13.8. The monoisotopic (exact) mass is 381 g/mol. The summed E-state index contributed by atoms with van der Waals surface area (Å²) < 4.78 is 30.5. The molecule has 0 saturated carbocycles. The standard InChI is InChI=1S/C18H24FN3O3S/c1-18(2,26(24)11-12-4-6-15(25-3)7-5-12)16(21)17(23)22-10-13(19)8-14(22)9-20/h4-7,13-14,16H,8,10-11,21H2,1-3H3/t13-,14-,16+,26?/m0/s1. The Kier molecular flexibility index (Phi) is 6.37. The minimum atomic E-state index is -1.45. The van der Waals surface area contributed by atoms with Crippen molar-refractivity contribution in [3.05, 3.63) is 29.8 Å². The predicted octanol–water partition coefficient (Wildman–Crippen LogP) is 1.51. The molecule has 0 radical (unpaired) electrons. The number of halogens is 1. The first kappa shape index (κ1) is 20.3. The molecule has 2 N–H and O–H groups in total. The third kappa shape index (κ3) is 4.22. The fraction of sp³-hybridized carbons (Fsp3) is 0.556. The van der Waals surface area contributed by atoms with E-state index in [4.69, 9.17) is 15.7 Å². The van der Waals surface area contributed by atoms with E-state index in [9.17, 15) is 13.4 Å². The number of nitrogens with two attached hydrogens (primary N) is 1. The highest BCUT2D eigenvalue weighted by Crippen LogP contribution is 2.26. The Hall–Kier alpha value is -1.98. The number of hydrogen-bond donors (Lipinski definition) is 1. The Morgan fingerprint density at radius 1 is 1.50 bits per heavy atom. The molecule has 1 fully saturated rings. The highest BCUT2D eigenvalue weighted by Gasteiger charge is 2.44. The van der Waals surface area contributed by atoms with Crippen LogP contribution in [0.2, 0.25) is 0 Å². The number of amides is 1. The maximum absolute atomic E-state index is 13.6. The SMILES string of the molecule is COc1ccc(CS(=O)C(C)(C)[C@H](N)C(=O)N2C[C@@H](F)C[C@H]2C#N)cc1. The first-order valence-electron chi connectivity index (χ1n) is 8.31. The van der Waals surface area contributed by atoms with Crippen LogP contribution in [0.3, 0.4) is 0 Å². The van der Waals surface area contributed by atoms with E-state index in [1.54, 1.807) is 45.2 Å². The zero-order valence-corrected chi connectivity index (χ0v) is 16.0. The fourth-order valence-electron chi connectivity index (χ4n) is 2.83. The second-order valence-corrected chi connectivity index (χ2v) is 8.92. The number of rotatable bonds is 6. The molecular formula is C18H24FN3O3S. The van der Waals surface area contributed by atoms with Gasteiger partial charge in [0.1, 0.15) is 24.0 Å². The van der Waals surface area contributed by atoms with Gasteiger partial charge >= 0.3 is 0 Å². The van der Waals surface area contributed by atoms with Gasteiger partial charge in [0, 0.05) is 23.0 Å². The normalized spacial score (nSPS) is 22.5. The van der Waals surface area contributed by atoms with Crippen molar-refractivity contribution < 1.29 is 18.1 Å². The number of nitriles is 1. The molecule has 2 rings (SSSR count). The van der Waals surface area contributed by atoms with Gasteiger partial charge < -0.3 is 15.4 Å². The van der Waals surface area contributed by atoms with Crippen LogP contribution in [0.1, 0.15) is 25.8 Å². The van der Waals surface area contributed by atoms with E-state index in [2.05, 4.69) is 0 Å². The number of benzene rings is 1. The van der Waals surface area contributed by atoms with Gasteiger partial charge in [0.15, 0.2) is 0 Å². The number of alkyl halides is 1. The second-order valence-electron chi connectivity index (χ2n) is 6.89. The van der Waals surface area contributed by atoms with E-state index in [0.29, 0.717) is 5.75 Å². The Bertz CT molecular complexity index is 717. The second kappa shape index (κ2) is 8.14. The first-order chi connectivity index (χ1) is 12.2. The maximum Gasteiger partial charge on any atom is 0.242 e. The number of ether oxygens (including phenoxy) is 1. The summed E-state index contributed by atoms with van der Waals surface area (Å²) in [6.45, 7) is 3.16. The number of carbonyl (C=O) groups is 1. The van der Waals surface area contributed by atoms with Crippen molar-refractivity contribution in [2.75, 3.05) is 13.7 Å². The molecule has 1 aliphatic heterocycles. The quantitative estimate of drug-likeness (QED) is 0.806. The van der Waals surface area contributed by atoms with Gasteiger partial charge in [-0.15, -0.1) is 0 Å². The molecule has 1 aliphatic rings. The van der Waals surface area contributed by atoms with Crippen molar-refractivity contribution in [1.82, 2.24) is 4.90 Å². The van der Waals surface area contributed by atoms with Gasteiger partial charge in [0.2, 0.25) is 5.91 Å². The third-order valence-corrected chi connectivity index (χ3v) is 6.76. The zero-order chi connectivity index (χ0) is 19.5. The highest BCUT2D eigenvalue weighted by atomic mass is 32.2. The number of hydrogen-bond acceptors (Lipinski definition) is 5. The van der Waals surface area contributed by atoms with Crippen molar-refractivity contribution in [2.24, 2.45) is 5.73 Å². The largest absolute Gasteiger partial charge is 0.497 e. The molecule has 6 nitrogen and oxygen atoms in total. The van der Waals surface area contributed by atoms with Crippen molar-refractivity contribution >= 4 is 16.7 Å². The molecule has 142 valence electrons. The van der Waals surface area contributed by atoms with E-state index in [1.807, 2.05) is 6.07 Å². The molecule has 4 atom stereocenters. The van der Waals surface area contributed by atoms with Crippen LogP contribution < -0.4 is 10.5 Å². The number of carbonyl (C=O) groups excluding carboxylic acids is 1. The molecule has 1 saturated heterocycles. The molecule has 0 bridgehead atoms. The van der Waals surface area contributed by atoms with E-state index in [0.717, 1.165) is 5.56 Å². The lowest BCUT2D eigenvalue weighted by molar-refractivity contribution is -0.133. The molecular weight excluding hydrogens is 357 g/mol. The lowest BCUT2D eigenvalue weighted by Crippen LogP contribution is -2.57.